The van der Waals surface area contributed by atoms with Crippen molar-refractivity contribution in [2.75, 3.05) is 18.4 Å². The van der Waals surface area contributed by atoms with Crippen LogP contribution in [0, 0.1) is 0 Å². The van der Waals surface area contributed by atoms with Crippen molar-refractivity contribution in [2.24, 2.45) is 0 Å². The second-order valence-corrected chi connectivity index (χ2v) is 5.96. The third-order valence-corrected chi connectivity index (χ3v) is 4.49. The van der Waals surface area contributed by atoms with Crippen molar-refractivity contribution < 1.29 is 4.79 Å². The van der Waals surface area contributed by atoms with Gasteiger partial charge in [0.15, 0.2) is 0 Å². The second-order valence-electron chi connectivity index (χ2n) is 4.12. The molecule has 1 N–H and O–H groups in total. The van der Waals surface area contributed by atoms with E-state index in [1.54, 1.807) is 16.8 Å². The molecular formula is C11H12N4OS2. The number of nitrogens with one attached hydrogen (secondary N) is 1. The Morgan fingerprint density at radius 1 is 1.50 bits per heavy atom. The lowest BCUT2D eigenvalue weighted by molar-refractivity contribution is -0.117. The van der Waals surface area contributed by atoms with Gasteiger partial charge in [-0.05, 0) is 23.4 Å². The summed E-state index contributed by atoms with van der Waals surface area (Å²) in [6, 6.07) is 2.15. The minimum absolute atomic E-state index is 0.0228. The number of hydrogen-bond donors (Lipinski definition) is 1. The van der Waals surface area contributed by atoms with Gasteiger partial charge in [-0.15, -0.1) is 21.5 Å². The van der Waals surface area contributed by atoms with Gasteiger partial charge in [0, 0.05) is 18.0 Å². The molecule has 0 radical (unpaired) electrons. The molecule has 94 valence electrons. The van der Waals surface area contributed by atoms with Crippen LogP contribution in [-0.2, 0) is 17.8 Å². The fourth-order valence-corrected chi connectivity index (χ4v) is 3.38. The van der Waals surface area contributed by atoms with Gasteiger partial charge in [-0.3, -0.25) is 15.0 Å². The molecule has 0 unspecified atom stereocenters. The summed E-state index contributed by atoms with van der Waals surface area (Å²) in [6.07, 6.45) is 1.04. The Balaban J connectivity index is 1.56. The Kier molecular flexibility index (Phi) is 3.35. The van der Waals surface area contributed by atoms with Gasteiger partial charge < -0.3 is 0 Å². The van der Waals surface area contributed by atoms with E-state index < -0.39 is 0 Å². The number of hydrogen-bond acceptors (Lipinski definition) is 6. The molecular weight excluding hydrogens is 268 g/mol. The van der Waals surface area contributed by atoms with Crippen LogP contribution in [0.25, 0.3) is 0 Å². The Bertz CT molecular complexity index is 537. The molecule has 0 atom stereocenters. The summed E-state index contributed by atoms with van der Waals surface area (Å²) in [6.45, 7) is 2.22. The van der Waals surface area contributed by atoms with E-state index in [4.69, 9.17) is 0 Å². The predicted molar refractivity (Wildman–Crippen MR) is 71.8 cm³/mol. The van der Waals surface area contributed by atoms with Crippen molar-refractivity contribution in [3.63, 3.8) is 0 Å². The molecule has 0 saturated carbocycles. The maximum absolute atomic E-state index is 11.8. The number of amides is 1. The number of carbonyl (C=O) groups is 1. The molecule has 2 aromatic heterocycles. The highest BCUT2D eigenvalue weighted by molar-refractivity contribution is 7.13. The minimum Gasteiger partial charge on any atom is -0.299 e. The summed E-state index contributed by atoms with van der Waals surface area (Å²) in [7, 11) is 0. The third kappa shape index (κ3) is 2.58. The summed E-state index contributed by atoms with van der Waals surface area (Å²) in [4.78, 5) is 15.4. The highest BCUT2D eigenvalue weighted by Gasteiger charge is 2.19. The fourth-order valence-electron chi connectivity index (χ4n) is 2.03. The Labute approximate surface area is 112 Å². The molecule has 1 aliphatic rings. The predicted octanol–water partition coefficient (Wildman–Crippen LogP) is 1.60. The number of rotatable bonds is 3. The van der Waals surface area contributed by atoms with Gasteiger partial charge in [0.05, 0.1) is 6.54 Å². The highest BCUT2D eigenvalue weighted by atomic mass is 32.1. The van der Waals surface area contributed by atoms with Crippen molar-refractivity contribution in [1.29, 1.82) is 0 Å². The first kappa shape index (κ1) is 11.8. The molecule has 0 aromatic carbocycles. The van der Waals surface area contributed by atoms with Crippen molar-refractivity contribution in [3.8, 4) is 0 Å². The Hall–Kier alpha value is -1.31. The zero-order valence-electron chi connectivity index (χ0n) is 9.63. The van der Waals surface area contributed by atoms with E-state index in [0.29, 0.717) is 11.7 Å². The molecule has 3 heterocycles. The van der Waals surface area contributed by atoms with E-state index in [1.807, 2.05) is 0 Å². The zero-order chi connectivity index (χ0) is 12.4. The standard InChI is InChI=1S/C11H12N4OS2/c16-10(13-11-14-12-7-18-11)6-15-3-1-9-8(5-15)2-4-17-9/h2,4,7H,1,3,5-6H2,(H,13,14,16). The van der Waals surface area contributed by atoms with Gasteiger partial charge >= 0.3 is 0 Å². The van der Waals surface area contributed by atoms with Crippen LogP contribution in [0.4, 0.5) is 5.13 Å². The average molecular weight is 280 g/mol. The van der Waals surface area contributed by atoms with E-state index in [0.717, 1.165) is 19.5 Å². The normalized spacial score (nSPS) is 15.3. The first-order chi connectivity index (χ1) is 8.81. The second kappa shape index (κ2) is 5.13. The first-order valence-corrected chi connectivity index (χ1v) is 7.41. The van der Waals surface area contributed by atoms with E-state index in [-0.39, 0.29) is 5.91 Å². The molecule has 3 rings (SSSR count). The van der Waals surface area contributed by atoms with Crippen molar-refractivity contribution in [2.45, 2.75) is 13.0 Å². The molecule has 1 aliphatic heterocycles. The van der Waals surface area contributed by atoms with Crippen LogP contribution >= 0.6 is 22.7 Å². The van der Waals surface area contributed by atoms with Crippen molar-refractivity contribution in [3.05, 3.63) is 27.4 Å². The van der Waals surface area contributed by atoms with E-state index in [2.05, 4.69) is 31.9 Å². The smallest absolute Gasteiger partial charge is 0.240 e. The topological polar surface area (TPSA) is 58.1 Å². The van der Waals surface area contributed by atoms with Crippen LogP contribution in [0.3, 0.4) is 0 Å². The Morgan fingerprint density at radius 3 is 3.28 bits per heavy atom. The summed E-state index contributed by atoms with van der Waals surface area (Å²) < 4.78 is 0. The third-order valence-electron chi connectivity index (χ3n) is 2.86. The lowest BCUT2D eigenvalue weighted by Crippen LogP contribution is -2.36. The highest BCUT2D eigenvalue weighted by Crippen LogP contribution is 2.23. The molecule has 18 heavy (non-hydrogen) atoms. The van der Waals surface area contributed by atoms with Gasteiger partial charge in [-0.1, -0.05) is 11.3 Å². The SMILES string of the molecule is O=C(CN1CCc2sccc2C1)Nc1nncs1. The molecule has 5 nitrogen and oxygen atoms in total. The molecule has 0 aliphatic carbocycles. The van der Waals surface area contributed by atoms with E-state index in [9.17, 15) is 4.79 Å². The molecule has 7 heteroatoms. The van der Waals surface area contributed by atoms with E-state index in [1.165, 1.54) is 21.8 Å². The van der Waals surface area contributed by atoms with Crippen LogP contribution in [0.5, 0.6) is 0 Å². The molecule has 0 fully saturated rings. The molecule has 0 saturated heterocycles. The average Bonchev–Trinajstić information content (AvgIpc) is 2.98. The minimum atomic E-state index is -0.0228. The van der Waals surface area contributed by atoms with Crippen molar-refractivity contribution in [1.82, 2.24) is 15.1 Å². The van der Waals surface area contributed by atoms with Crippen LogP contribution in [0.2, 0.25) is 0 Å². The van der Waals surface area contributed by atoms with Crippen LogP contribution in [-0.4, -0.2) is 34.1 Å². The number of aromatic nitrogens is 2. The van der Waals surface area contributed by atoms with Crippen LogP contribution in [0.1, 0.15) is 10.4 Å². The molecule has 0 spiro atoms. The largest absolute Gasteiger partial charge is 0.299 e. The van der Waals surface area contributed by atoms with Gasteiger partial charge in [0.25, 0.3) is 0 Å². The first-order valence-electron chi connectivity index (χ1n) is 5.65. The van der Waals surface area contributed by atoms with Crippen molar-refractivity contribution >= 4 is 33.7 Å². The summed E-state index contributed by atoms with van der Waals surface area (Å²) in [5, 5.41) is 12.9. The maximum atomic E-state index is 11.8. The van der Waals surface area contributed by atoms with Gasteiger partial charge in [-0.25, -0.2) is 0 Å². The number of carbonyl (C=O) groups excluding carboxylic acids is 1. The van der Waals surface area contributed by atoms with Gasteiger partial charge in [0.1, 0.15) is 5.51 Å². The quantitative estimate of drug-likeness (QED) is 0.927. The van der Waals surface area contributed by atoms with Crippen LogP contribution < -0.4 is 5.32 Å². The Morgan fingerprint density at radius 2 is 2.44 bits per heavy atom. The fraction of sp³-hybridized carbons (Fsp3) is 0.364. The molecule has 1 amide bonds. The van der Waals surface area contributed by atoms with E-state index >= 15 is 0 Å². The maximum Gasteiger partial charge on any atom is 0.240 e. The molecule has 0 bridgehead atoms. The zero-order valence-corrected chi connectivity index (χ0v) is 11.3. The number of fused-ring (bicyclic) bond motifs is 1. The van der Waals surface area contributed by atoms with Gasteiger partial charge in [0.2, 0.25) is 11.0 Å². The van der Waals surface area contributed by atoms with Gasteiger partial charge in [-0.2, -0.15) is 0 Å². The number of thiophene rings is 1. The number of nitrogens with zero attached hydrogens (tertiary/aromatic N) is 3. The summed E-state index contributed by atoms with van der Waals surface area (Å²) >= 11 is 3.14. The number of anilines is 1. The lowest BCUT2D eigenvalue weighted by Gasteiger charge is -2.25. The summed E-state index contributed by atoms with van der Waals surface area (Å²) in [5.74, 6) is -0.0228. The summed E-state index contributed by atoms with van der Waals surface area (Å²) in [5.41, 5.74) is 2.96. The van der Waals surface area contributed by atoms with Crippen LogP contribution in [0.15, 0.2) is 17.0 Å². The monoisotopic (exact) mass is 280 g/mol. The lowest BCUT2D eigenvalue weighted by atomic mass is 10.1. The molecule has 2 aromatic rings.